The minimum absolute atomic E-state index is 0.0694. The van der Waals surface area contributed by atoms with Crippen LogP contribution in [0.2, 0.25) is 5.02 Å². The van der Waals surface area contributed by atoms with E-state index in [0.29, 0.717) is 4.68 Å². The fourth-order valence-electron chi connectivity index (χ4n) is 3.44. The summed E-state index contributed by atoms with van der Waals surface area (Å²) in [6.07, 6.45) is -4.09. The monoisotopic (exact) mass is 493 g/mol. The molecule has 0 bridgehead atoms. The average molecular weight is 494 g/mol. The van der Waals surface area contributed by atoms with Crippen LogP contribution in [-0.2, 0) is 6.18 Å². The van der Waals surface area contributed by atoms with Crippen molar-refractivity contribution in [3.8, 4) is 39.7 Å². The molecule has 0 aliphatic carbocycles. The van der Waals surface area contributed by atoms with Crippen LogP contribution in [0.5, 0.6) is 0 Å². The first kappa shape index (κ1) is 21.7. The van der Waals surface area contributed by atoms with Gasteiger partial charge in [-0.1, -0.05) is 28.9 Å². The normalized spacial score (nSPS) is 11.8. The molecule has 34 heavy (non-hydrogen) atoms. The fourth-order valence-corrected chi connectivity index (χ4v) is 3.70. The number of halogens is 6. The van der Waals surface area contributed by atoms with E-state index in [9.17, 15) is 22.0 Å². The van der Waals surface area contributed by atoms with Gasteiger partial charge in [0.1, 0.15) is 17.3 Å². The van der Waals surface area contributed by atoms with Crippen LogP contribution in [0.4, 0.5) is 22.0 Å². The maximum Gasteiger partial charge on any atom is 0.434 e. The Bertz CT molecular complexity index is 1470. The first-order valence-electron chi connectivity index (χ1n) is 9.35. The molecule has 0 amide bonds. The molecule has 14 heteroatoms. The van der Waals surface area contributed by atoms with E-state index >= 15 is 0 Å². The number of H-pyrrole nitrogens is 1. The molecule has 0 aliphatic rings. The van der Waals surface area contributed by atoms with Crippen LogP contribution in [0.1, 0.15) is 5.69 Å². The SMILES string of the molecule is Fc1cccc(-n2ncc(-c3onc(-c4c(F)cccc4Cl)c3-c3nnn[nH]3)c2C(F)(F)F)c1. The number of nitrogens with one attached hydrogen (secondary N) is 1. The third-order valence-corrected chi connectivity index (χ3v) is 5.12. The van der Waals surface area contributed by atoms with E-state index in [4.69, 9.17) is 16.1 Å². The molecule has 0 unspecified atom stereocenters. The highest BCUT2D eigenvalue weighted by Gasteiger charge is 2.41. The van der Waals surface area contributed by atoms with Crippen LogP contribution in [0, 0.1) is 11.6 Å². The van der Waals surface area contributed by atoms with E-state index in [1.807, 2.05) is 0 Å². The molecule has 0 fully saturated rings. The molecule has 5 rings (SSSR count). The zero-order valence-electron chi connectivity index (χ0n) is 16.5. The van der Waals surface area contributed by atoms with Gasteiger partial charge in [-0.05, 0) is 40.8 Å². The van der Waals surface area contributed by atoms with Gasteiger partial charge in [0.25, 0.3) is 0 Å². The second-order valence-electron chi connectivity index (χ2n) is 6.88. The van der Waals surface area contributed by atoms with Crippen molar-refractivity contribution >= 4 is 11.6 Å². The van der Waals surface area contributed by atoms with Gasteiger partial charge in [0.2, 0.25) is 0 Å². The highest BCUT2D eigenvalue weighted by atomic mass is 35.5. The Morgan fingerprint density at radius 1 is 1.03 bits per heavy atom. The molecule has 8 nitrogen and oxygen atoms in total. The van der Waals surface area contributed by atoms with E-state index in [-0.39, 0.29) is 33.4 Å². The summed E-state index contributed by atoms with van der Waals surface area (Å²) < 4.78 is 76.7. The van der Waals surface area contributed by atoms with Crippen molar-refractivity contribution in [3.05, 3.63) is 71.0 Å². The molecule has 5 aromatic rings. The third kappa shape index (κ3) is 3.59. The molecule has 3 heterocycles. The summed E-state index contributed by atoms with van der Waals surface area (Å²) in [4.78, 5) is 0. The number of hydrogen-bond acceptors (Lipinski definition) is 6. The number of rotatable bonds is 4. The minimum Gasteiger partial charge on any atom is -0.355 e. The number of aromatic amines is 1. The minimum atomic E-state index is -4.96. The molecule has 0 spiro atoms. The van der Waals surface area contributed by atoms with Gasteiger partial charge in [0, 0.05) is 0 Å². The Morgan fingerprint density at radius 2 is 1.82 bits per heavy atom. The van der Waals surface area contributed by atoms with Crippen LogP contribution in [0.15, 0.2) is 53.2 Å². The smallest absolute Gasteiger partial charge is 0.355 e. The Kier molecular flexibility index (Phi) is 5.12. The summed E-state index contributed by atoms with van der Waals surface area (Å²) in [6, 6.07) is 8.28. The maximum absolute atomic E-state index is 14.6. The van der Waals surface area contributed by atoms with E-state index in [1.54, 1.807) is 0 Å². The predicted molar refractivity (Wildman–Crippen MR) is 108 cm³/mol. The first-order chi connectivity index (χ1) is 16.3. The summed E-state index contributed by atoms with van der Waals surface area (Å²) in [5.74, 6) is -2.17. The first-order valence-corrected chi connectivity index (χ1v) is 9.73. The largest absolute Gasteiger partial charge is 0.434 e. The van der Waals surface area contributed by atoms with Crippen molar-refractivity contribution in [2.45, 2.75) is 6.18 Å². The molecule has 2 aromatic carbocycles. The molecule has 0 saturated heterocycles. The van der Waals surface area contributed by atoms with Crippen LogP contribution in [-0.4, -0.2) is 35.6 Å². The van der Waals surface area contributed by atoms with E-state index in [2.05, 4.69) is 30.9 Å². The van der Waals surface area contributed by atoms with Crippen LogP contribution >= 0.6 is 11.6 Å². The number of aromatic nitrogens is 7. The van der Waals surface area contributed by atoms with Crippen molar-refractivity contribution in [2.24, 2.45) is 0 Å². The van der Waals surface area contributed by atoms with Crippen molar-refractivity contribution < 1.29 is 26.5 Å². The van der Waals surface area contributed by atoms with Crippen LogP contribution < -0.4 is 0 Å². The molecule has 0 saturated carbocycles. The quantitative estimate of drug-likeness (QED) is 0.340. The number of alkyl halides is 3. The number of benzene rings is 2. The molecule has 0 atom stereocenters. The third-order valence-electron chi connectivity index (χ3n) is 4.81. The molecule has 3 aromatic heterocycles. The van der Waals surface area contributed by atoms with Crippen LogP contribution in [0.3, 0.4) is 0 Å². The van der Waals surface area contributed by atoms with E-state index in [1.165, 1.54) is 24.3 Å². The summed E-state index contributed by atoms with van der Waals surface area (Å²) >= 11 is 6.14. The summed E-state index contributed by atoms with van der Waals surface area (Å²) in [5.41, 5.74) is -2.66. The van der Waals surface area contributed by atoms with E-state index < -0.39 is 34.8 Å². The molecular formula is C20H9ClF5N7O. The maximum atomic E-state index is 14.6. The highest BCUT2D eigenvalue weighted by molar-refractivity contribution is 6.33. The number of hydrogen-bond donors (Lipinski definition) is 1. The topological polar surface area (TPSA) is 98.3 Å². The second-order valence-corrected chi connectivity index (χ2v) is 7.29. The van der Waals surface area contributed by atoms with Gasteiger partial charge in [-0.25, -0.2) is 18.6 Å². The zero-order valence-corrected chi connectivity index (χ0v) is 17.2. The lowest BCUT2D eigenvalue weighted by Gasteiger charge is -2.12. The summed E-state index contributed by atoms with van der Waals surface area (Å²) in [7, 11) is 0. The van der Waals surface area contributed by atoms with Crippen molar-refractivity contribution in [3.63, 3.8) is 0 Å². The molecule has 0 aliphatic heterocycles. The Morgan fingerprint density at radius 3 is 2.50 bits per heavy atom. The van der Waals surface area contributed by atoms with Gasteiger partial charge in [0.05, 0.1) is 33.6 Å². The van der Waals surface area contributed by atoms with Crippen LogP contribution in [0.25, 0.3) is 39.7 Å². The Hall–Kier alpha value is -4.13. The number of tetrazole rings is 1. The zero-order chi connectivity index (χ0) is 24.0. The van der Waals surface area contributed by atoms with Gasteiger partial charge < -0.3 is 4.52 Å². The van der Waals surface area contributed by atoms with Crippen molar-refractivity contribution in [2.75, 3.05) is 0 Å². The molecule has 172 valence electrons. The number of nitrogens with zero attached hydrogens (tertiary/aromatic N) is 6. The second kappa shape index (κ2) is 8.02. The highest BCUT2D eigenvalue weighted by Crippen LogP contribution is 2.45. The van der Waals surface area contributed by atoms with Gasteiger partial charge in [0.15, 0.2) is 17.3 Å². The van der Waals surface area contributed by atoms with Gasteiger partial charge in [-0.2, -0.15) is 18.3 Å². The molecular weight excluding hydrogens is 485 g/mol. The van der Waals surface area contributed by atoms with Crippen molar-refractivity contribution in [1.82, 2.24) is 35.6 Å². The standard InChI is InChI=1S/C20H9ClF5N7O/c21-12-5-2-6-13(23)14(12)16-15(19-28-31-32-29-19)17(34-30-16)11-8-27-33(18(11)20(24,25)26)10-4-1-3-9(22)7-10/h1-8H,(H,28,29,31,32). The van der Waals surface area contributed by atoms with E-state index in [0.717, 1.165) is 24.4 Å². The Balaban J connectivity index is 1.80. The molecule has 1 N–H and O–H groups in total. The van der Waals surface area contributed by atoms with Gasteiger partial charge >= 0.3 is 6.18 Å². The molecule has 0 radical (unpaired) electrons. The lowest BCUT2D eigenvalue weighted by molar-refractivity contribution is -0.142. The average Bonchev–Trinajstić information content (AvgIpc) is 3.52. The van der Waals surface area contributed by atoms with Gasteiger partial charge in [-0.3, -0.25) is 0 Å². The fraction of sp³-hybridized carbons (Fsp3) is 0.0500. The Labute approximate surface area is 191 Å². The summed E-state index contributed by atoms with van der Waals surface area (Å²) in [6.45, 7) is 0. The lowest BCUT2D eigenvalue weighted by atomic mass is 10.0. The lowest BCUT2D eigenvalue weighted by Crippen LogP contribution is -2.14. The summed E-state index contributed by atoms with van der Waals surface area (Å²) in [5, 5.41) is 20.5. The van der Waals surface area contributed by atoms with Crippen molar-refractivity contribution in [1.29, 1.82) is 0 Å². The van der Waals surface area contributed by atoms with Gasteiger partial charge in [-0.15, -0.1) is 5.10 Å². The predicted octanol–water partition coefficient (Wildman–Crippen LogP) is 5.32.